The molecule has 0 aliphatic heterocycles. The predicted octanol–water partition coefficient (Wildman–Crippen LogP) is 3.09. The van der Waals surface area contributed by atoms with E-state index in [0.717, 1.165) is 36.0 Å². The van der Waals surface area contributed by atoms with Gasteiger partial charge in [-0.3, -0.25) is 0 Å². The van der Waals surface area contributed by atoms with Gasteiger partial charge in [0.05, 0.1) is 11.2 Å². The van der Waals surface area contributed by atoms with Crippen molar-refractivity contribution >= 4 is 11.3 Å². The molecule has 6 heteroatoms. The lowest BCUT2D eigenvalue weighted by molar-refractivity contribution is 0.748. The highest BCUT2D eigenvalue weighted by Gasteiger charge is 2.29. The van der Waals surface area contributed by atoms with Gasteiger partial charge in [-0.15, -0.1) is 16.4 Å². The van der Waals surface area contributed by atoms with Gasteiger partial charge >= 0.3 is 0 Å². The molecule has 4 rings (SSSR count). The summed E-state index contributed by atoms with van der Waals surface area (Å²) >= 11 is 1.71. The molecule has 22 heavy (non-hydrogen) atoms. The Kier molecular flexibility index (Phi) is 3.46. The van der Waals surface area contributed by atoms with E-state index in [1.54, 1.807) is 17.5 Å². The zero-order chi connectivity index (χ0) is 14.9. The second-order valence-electron chi connectivity index (χ2n) is 5.62. The van der Waals surface area contributed by atoms with E-state index in [2.05, 4.69) is 16.9 Å². The van der Waals surface area contributed by atoms with Gasteiger partial charge in [0.25, 0.3) is 0 Å². The molecule has 1 saturated carbocycles. The molecule has 1 aliphatic rings. The number of hydrogen-bond donors (Lipinski definition) is 0. The van der Waals surface area contributed by atoms with Crippen LogP contribution in [0.2, 0.25) is 0 Å². The van der Waals surface area contributed by atoms with Gasteiger partial charge in [0.15, 0.2) is 11.6 Å². The Labute approximate surface area is 133 Å². The van der Waals surface area contributed by atoms with Crippen LogP contribution >= 0.6 is 11.3 Å². The molecule has 0 saturated heterocycles. The zero-order valence-corrected chi connectivity index (χ0v) is 13.3. The minimum Gasteiger partial charge on any atom is -0.250 e. The summed E-state index contributed by atoms with van der Waals surface area (Å²) in [7, 11) is 0. The second-order valence-corrected chi connectivity index (χ2v) is 6.56. The molecule has 112 valence electrons. The maximum atomic E-state index is 4.77. The third-order valence-corrected chi connectivity index (χ3v) is 4.91. The lowest BCUT2D eigenvalue weighted by Crippen LogP contribution is -2.06. The smallest absolute Gasteiger partial charge is 0.155 e. The largest absolute Gasteiger partial charge is 0.250 e. The summed E-state index contributed by atoms with van der Waals surface area (Å²) in [5, 5.41) is 4.70. The molecule has 3 heterocycles. The molecule has 1 aliphatic carbocycles. The van der Waals surface area contributed by atoms with Crippen LogP contribution < -0.4 is 0 Å². The number of pyridine rings is 1. The Balaban J connectivity index is 1.63. The van der Waals surface area contributed by atoms with Crippen molar-refractivity contribution in [3.63, 3.8) is 0 Å². The monoisotopic (exact) mass is 311 g/mol. The first-order valence-corrected chi connectivity index (χ1v) is 8.45. The van der Waals surface area contributed by atoms with Gasteiger partial charge in [-0.25, -0.2) is 15.0 Å². The van der Waals surface area contributed by atoms with Crippen molar-refractivity contribution in [3.8, 4) is 5.82 Å². The second kappa shape index (κ2) is 5.61. The maximum Gasteiger partial charge on any atom is 0.155 e. The van der Waals surface area contributed by atoms with Crippen LogP contribution in [0.25, 0.3) is 5.82 Å². The van der Waals surface area contributed by atoms with E-state index in [9.17, 15) is 0 Å². The van der Waals surface area contributed by atoms with Gasteiger partial charge in [-0.1, -0.05) is 6.07 Å². The Morgan fingerprint density at radius 3 is 2.82 bits per heavy atom. The van der Waals surface area contributed by atoms with Crippen LogP contribution in [0.3, 0.4) is 0 Å². The van der Waals surface area contributed by atoms with Crippen molar-refractivity contribution in [2.75, 3.05) is 0 Å². The highest BCUT2D eigenvalue weighted by atomic mass is 32.1. The van der Waals surface area contributed by atoms with Gasteiger partial charge in [0, 0.05) is 23.4 Å². The first-order chi connectivity index (χ1) is 10.8. The summed E-state index contributed by atoms with van der Waals surface area (Å²) in [6, 6.07) is 5.88. The number of hydrogen-bond acceptors (Lipinski definition) is 5. The Morgan fingerprint density at radius 1 is 1.23 bits per heavy atom. The lowest BCUT2D eigenvalue weighted by Gasteiger charge is -2.04. The van der Waals surface area contributed by atoms with Gasteiger partial charge in [0.2, 0.25) is 0 Å². The van der Waals surface area contributed by atoms with E-state index in [1.807, 2.05) is 28.4 Å². The molecule has 0 atom stereocenters. The molecular weight excluding hydrogens is 294 g/mol. The van der Waals surface area contributed by atoms with Crippen LogP contribution in [0.15, 0.2) is 29.9 Å². The minimum absolute atomic E-state index is 0.550. The van der Waals surface area contributed by atoms with Crippen LogP contribution in [-0.4, -0.2) is 24.7 Å². The molecule has 0 spiro atoms. The number of nitrogens with zero attached hydrogens (tertiary/aromatic N) is 5. The van der Waals surface area contributed by atoms with E-state index in [0.29, 0.717) is 5.92 Å². The van der Waals surface area contributed by atoms with Gasteiger partial charge < -0.3 is 0 Å². The van der Waals surface area contributed by atoms with Gasteiger partial charge in [-0.05, 0) is 38.3 Å². The van der Waals surface area contributed by atoms with Gasteiger partial charge in [0.1, 0.15) is 5.82 Å². The van der Waals surface area contributed by atoms with E-state index in [1.165, 1.54) is 17.7 Å². The summed E-state index contributed by atoms with van der Waals surface area (Å²) in [5.74, 6) is 3.36. The molecule has 0 unspecified atom stereocenters. The summed E-state index contributed by atoms with van der Waals surface area (Å²) in [4.78, 5) is 14.8. The fraction of sp³-hybridized carbons (Fsp3) is 0.375. The summed E-state index contributed by atoms with van der Waals surface area (Å²) in [5.41, 5.74) is 3.03. The third-order valence-electron chi connectivity index (χ3n) is 3.92. The number of thiazole rings is 1. The summed E-state index contributed by atoms with van der Waals surface area (Å²) < 4.78 is 1.91. The van der Waals surface area contributed by atoms with Crippen LogP contribution in [-0.2, 0) is 12.8 Å². The Bertz CT molecular complexity index is 773. The molecule has 0 N–H and O–H groups in total. The highest BCUT2D eigenvalue weighted by molar-refractivity contribution is 7.09. The molecular formula is C16H17N5S. The van der Waals surface area contributed by atoms with Crippen molar-refractivity contribution in [1.29, 1.82) is 0 Å². The van der Waals surface area contributed by atoms with Crippen molar-refractivity contribution in [1.82, 2.24) is 24.7 Å². The fourth-order valence-electron chi connectivity index (χ4n) is 2.49. The first kappa shape index (κ1) is 13.6. The number of aryl methyl sites for hydroxylation is 3. The Hall–Kier alpha value is -2.08. The maximum absolute atomic E-state index is 4.77. The van der Waals surface area contributed by atoms with E-state index in [4.69, 9.17) is 10.1 Å². The average Bonchev–Trinajstić information content (AvgIpc) is 3.19. The molecule has 0 amide bonds. The topological polar surface area (TPSA) is 56.5 Å². The lowest BCUT2D eigenvalue weighted by atomic mass is 10.2. The minimum atomic E-state index is 0.550. The van der Waals surface area contributed by atoms with Gasteiger partial charge in [-0.2, -0.15) is 4.68 Å². The van der Waals surface area contributed by atoms with Crippen molar-refractivity contribution in [2.45, 2.75) is 38.5 Å². The fourth-order valence-corrected chi connectivity index (χ4v) is 3.27. The van der Waals surface area contributed by atoms with E-state index < -0.39 is 0 Å². The quantitative estimate of drug-likeness (QED) is 0.726. The zero-order valence-electron chi connectivity index (χ0n) is 12.4. The number of rotatable bonds is 5. The molecule has 0 bridgehead atoms. The van der Waals surface area contributed by atoms with Crippen molar-refractivity contribution < 1.29 is 0 Å². The van der Waals surface area contributed by atoms with Crippen LogP contribution in [0, 0.1) is 6.92 Å². The molecule has 3 aromatic heterocycles. The summed E-state index contributed by atoms with van der Waals surface area (Å²) in [6.07, 6.45) is 6.02. The van der Waals surface area contributed by atoms with Crippen LogP contribution in [0.5, 0.6) is 0 Å². The standard InChI is InChI=1S/C16H17N5S/c1-11-13(22-10-18-11)7-8-15-19-16(12-5-6-12)20-21(15)14-4-2-3-9-17-14/h2-4,9-10,12H,5-8H2,1H3. The normalized spacial score (nSPS) is 14.4. The SMILES string of the molecule is Cc1ncsc1CCc1nc(C2CC2)nn1-c1ccccn1. The van der Waals surface area contributed by atoms with Crippen LogP contribution in [0.1, 0.15) is 41.0 Å². The Morgan fingerprint density at radius 2 is 2.14 bits per heavy atom. The molecule has 3 aromatic rings. The molecule has 0 radical (unpaired) electrons. The van der Waals surface area contributed by atoms with E-state index >= 15 is 0 Å². The highest BCUT2D eigenvalue weighted by Crippen LogP contribution is 2.38. The number of aromatic nitrogens is 5. The third kappa shape index (κ3) is 2.66. The average molecular weight is 311 g/mol. The predicted molar refractivity (Wildman–Crippen MR) is 85.4 cm³/mol. The van der Waals surface area contributed by atoms with E-state index in [-0.39, 0.29) is 0 Å². The van der Waals surface area contributed by atoms with Crippen molar-refractivity contribution in [2.24, 2.45) is 0 Å². The molecule has 5 nitrogen and oxygen atoms in total. The summed E-state index contributed by atoms with van der Waals surface area (Å²) in [6.45, 7) is 2.06. The van der Waals surface area contributed by atoms with Crippen LogP contribution in [0.4, 0.5) is 0 Å². The molecule has 1 fully saturated rings. The first-order valence-electron chi connectivity index (χ1n) is 7.57. The molecule has 0 aromatic carbocycles. The van der Waals surface area contributed by atoms with Crippen molar-refractivity contribution in [3.05, 3.63) is 52.1 Å².